The fourth-order valence-electron chi connectivity index (χ4n) is 3.12. The maximum absolute atomic E-state index is 12.3. The van der Waals surface area contributed by atoms with Crippen LogP contribution >= 0.6 is 0 Å². The molecule has 0 aromatic rings. The topological polar surface area (TPSA) is 61.4 Å². The molecule has 2 N–H and O–H groups in total. The summed E-state index contributed by atoms with van der Waals surface area (Å²) in [6.07, 6.45) is 4.39. The van der Waals surface area contributed by atoms with Gasteiger partial charge < -0.3 is 15.5 Å². The van der Waals surface area contributed by atoms with Gasteiger partial charge in [0.15, 0.2) is 0 Å². The largest absolute Gasteiger partial charge is 0.350 e. The van der Waals surface area contributed by atoms with Crippen LogP contribution < -0.4 is 10.6 Å². The first-order valence-electron chi connectivity index (χ1n) is 6.56. The highest BCUT2D eigenvalue weighted by Crippen LogP contribution is 2.27. The van der Waals surface area contributed by atoms with Gasteiger partial charge >= 0.3 is 0 Å². The zero-order valence-electron chi connectivity index (χ0n) is 9.95. The molecule has 0 spiro atoms. The van der Waals surface area contributed by atoms with Gasteiger partial charge in [-0.1, -0.05) is 12.8 Å². The fraction of sp³-hybridized carbons (Fsp3) is 0.833. The number of piperazine rings is 1. The number of nitrogens with zero attached hydrogens (tertiary/aromatic N) is 1. The molecule has 5 nitrogen and oxygen atoms in total. The van der Waals surface area contributed by atoms with Crippen LogP contribution in [-0.4, -0.2) is 48.4 Å². The Balaban J connectivity index is 1.75. The lowest BCUT2D eigenvalue weighted by Gasteiger charge is -2.46. The molecule has 2 unspecified atom stereocenters. The van der Waals surface area contributed by atoms with E-state index in [4.69, 9.17) is 0 Å². The quantitative estimate of drug-likeness (QED) is 0.645. The maximum atomic E-state index is 12.3. The number of hydrogen-bond acceptors (Lipinski definition) is 3. The van der Waals surface area contributed by atoms with Crippen molar-refractivity contribution in [3.63, 3.8) is 0 Å². The summed E-state index contributed by atoms with van der Waals surface area (Å²) in [5.41, 5.74) is 0. The molecular formula is C12H19N3O2. The minimum Gasteiger partial charge on any atom is -0.350 e. The van der Waals surface area contributed by atoms with Gasteiger partial charge in [0, 0.05) is 19.1 Å². The van der Waals surface area contributed by atoms with Crippen LogP contribution in [0.1, 0.15) is 25.7 Å². The number of amides is 2. The molecule has 3 aliphatic rings. The molecule has 2 amide bonds. The summed E-state index contributed by atoms with van der Waals surface area (Å²) in [6, 6.07) is 0.441. The van der Waals surface area contributed by atoms with Gasteiger partial charge in [0.05, 0.1) is 18.5 Å². The molecule has 17 heavy (non-hydrogen) atoms. The van der Waals surface area contributed by atoms with Crippen molar-refractivity contribution in [3.8, 4) is 0 Å². The molecule has 0 bridgehead atoms. The first-order chi connectivity index (χ1) is 8.25. The Bertz CT molecular complexity index is 341. The lowest BCUT2D eigenvalue weighted by atomic mass is 9.86. The third-order valence-corrected chi connectivity index (χ3v) is 4.20. The first-order valence-corrected chi connectivity index (χ1v) is 6.56. The molecule has 2 atom stereocenters. The zero-order chi connectivity index (χ0) is 11.8. The predicted molar refractivity (Wildman–Crippen MR) is 62.3 cm³/mol. The van der Waals surface area contributed by atoms with Gasteiger partial charge in [-0.25, -0.2) is 0 Å². The van der Waals surface area contributed by atoms with E-state index in [1.54, 1.807) is 0 Å². The molecule has 94 valence electrons. The fourth-order valence-corrected chi connectivity index (χ4v) is 3.12. The molecule has 1 saturated carbocycles. The van der Waals surface area contributed by atoms with Crippen LogP contribution in [0.25, 0.3) is 0 Å². The van der Waals surface area contributed by atoms with Crippen molar-refractivity contribution in [1.82, 2.24) is 15.5 Å². The van der Waals surface area contributed by atoms with Crippen molar-refractivity contribution in [2.45, 2.75) is 37.8 Å². The molecule has 2 aliphatic heterocycles. The number of hydrogen-bond donors (Lipinski definition) is 2. The third kappa shape index (κ3) is 1.92. The van der Waals surface area contributed by atoms with Gasteiger partial charge in [-0.05, 0) is 12.8 Å². The summed E-state index contributed by atoms with van der Waals surface area (Å²) in [4.78, 5) is 25.8. The SMILES string of the molecule is O=C1CN(C(=O)C2CNC2)C2CCCCC2N1. The summed E-state index contributed by atoms with van der Waals surface area (Å²) < 4.78 is 0. The van der Waals surface area contributed by atoms with Gasteiger partial charge in [-0.15, -0.1) is 0 Å². The average molecular weight is 237 g/mol. The van der Waals surface area contributed by atoms with Crippen LogP contribution in [0.15, 0.2) is 0 Å². The number of carbonyl (C=O) groups is 2. The average Bonchev–Trinajstić information content (AvgIpc) is 2.25. The minimum atomic E-state index is 0.00813. The van der Waals surface area contributed by atoms with E-state index in [9.17, 15) is 9.59 Å². The van der Waals surface area contributed by atoms with E-state index >= 15 is 0 Å². The highest BCUT2D eigenvalue weighted by Gasteiger charge is 2.41. The Kier molecular flexibility index (Phi) is 2.78. The van der Waals surface area contributed by atoms with Gasteiger partial charge in [-0.3, -0.25) is 9.59 Å². The van der Waals surface area contributed by atoms with Crippen molar-refractivity contribution in [3.05, 3.63) is 0 Å². The number of fused-ring (bicyclic) bond motifs is 1. The monoisotopic (exact) mass is 237 g/mol. The van der Waals surface area contributed by atoms with Crippen LogP contribution in [0.3, 0.4) is 0 Å². The Morgan fingerprint density at radius 1 is 1.24 bits per heavy atom. The van der Waals surface area contributed by atoms with E-state index in [0.717, 1.165) is 32.4 Å². The van der Waals surface area contributed by atoms with Crippen molar-refractivity contribution < 1.29 is 9.59 Å². The summed E-state index contributed by atoms with van der Waals surface area (Å²) in [5.74, 6) is 0.285. The van der Waals surface area contributed by atoms with Crippen LogP contribution in [-0.2, 0) is 9.59 Å². The molecule has 5 heteroatoms. The van der Waals surface area contributed by atoms with Crippen LogP contribution in [0.4, 0.5) is 0 Å². The smallest absolute Gasteiger partial charge is 0.239 e. The summed E-state index contributed by atoms with van der Waals surface area (Å²) >= 11 is 0. The number of nitrogens with one attached hydrogen (secondary N) is 2. The summed E-state index contributed by atoms with van der Waals surface area (Å²) in [6.45, 7) is 1.80. The molecule has 3 fully saturated rings. The highest BCUT2D eigenvalue weighted by atomic mass is 16.2. The second-order valence-electron chi connectivity index (χ2n) is 5.35. The third-order valence-electron chi connectivity index (χ3n) is 4.20. The maximum Gasteiger partial charge on any atom is 0.239 e. The standard InChI is InChI=1S/C12H19N3O2/c16-11-7-15(12(17)8-5-13-6-8)10-4-2-1-3-9(10)14-11/h8-10,13H,1-7H2,(H,14,16). The lowest BCUT2D eigenvalue weighted by Crippen LogP contribution is -2.65. The van der Waals surface area contributed by atoms with Crippen LogP contribution in [0.5, 0.6) is 0 Å². The molecule has 2 heterocycles. The van der Waals surface area contributed by atoms with E-state index in [1.807, 2.05) is 4.90 Å². The summed E-state index contributed by atoms with van der Waals surface area (Å²) in [7, 11) is 0. The molecule has 0 aromatic heterocycles. The molecule has 1 aliphatic carbocycles. The second-order valence-corrected chi connectivity index (χ2v) is 5.35. The van der Waals surface area contributed by atoms with Gasteiger partial charge in [0.1, 0.15) is 0 Å². The molecular weight excluding hydrogens is 218 g/mol. The van der Waals surface area contributed by atoms with Crippen LogP contribution in [0, 0.1) is 5.92 Å². The molecule has 2 saturated heterocycles. The molecule has 0 aromatic carbocycles. The van der Waals surface area contributed by atoms with Crippen molar-refractivity contribution >= 4 is 11.8 Å². The van der Waals surface area contributed by atoms with E-state index in [-0.39, 0.29) is 36.4 Å². The number of carbonyl (C=O) groups excluding carboxylic acids is 2. The Hall–Kier alpha value is -1.10. The Morgan fingerprint density at radius 2 is 2.00 bits per heavy atom. The van der Waals surface area contributed by atoms with Gasteiger partial charge in [-0.2, -0.15) is 0 Å². The van der Waals surface area contributed by atoms with Gasteiger partial charge in [0.25, 0.3) is 0 Å². The predicted octanol–water partition coefficient (Wildman–Crippen LogP) is -0.525. The van der Waals surface area contributed by atoms with Crippen LogP contribution in [0.2, 0.25) is 0 Å². The van der Waals surface area contributed by atoms with Crippen molar-refractivity contribution in [2.75, 3.05) is 19.6 Å². The minimum absolute atomic E-state index is 0.00813. The van der Waals surface area contributed by atoms with E-state index in [0.29, 0.717) is 0 Å². The van der Waals surface area contributed by atoms with E-state index in [2.05, 4.69) is 10.6 Å². The van der Waals surface area contributed by atoms with E-state index in [1.165, 1.54) is 6.42 Å². The molecule has 0 radical (unpaired) electrons. The van der Waals surface area contributed by atoms with Gasteiger partial charge in [0.2, 0.25) is 11.8 Å². The molecule has 3 rings (SSSR count). The highest BCUT2D eigenvalue weighted by molar-refractivity contribution is 5.88. The second kappa shape index (κ2) is 4.29. The zero-order valence-corrected chi connectivity index (χ0v) is 9.95. The Labute approximate surface area is 101 Å². The lowest BCUT2D eigenvalue weighted by molar-refractivity contribution is -0.148. The van der Waals surface area contributed by atoms with Crippen molar-refractivity contribution in [1.29, 1.82) is 0 Å². The Morgan fingerprint density at radius 3 is 2.71 bits per heavy atom. The van der Waals surface area contributed by atoms with Crippen molar-refractivity contribution in [2.24, 2.45) is 5.92 Å². The normalized spacial score (nSPS) is 33.6. The van der Waals surface area contributed by atoms with E-state index < -0.39 is 0 Å². The first kappa shape index (κ1) is 11.0. The number of rotatable bonds is 1. The summed E-state index contributed by atoms with van der Waals surface area (Å²) in [5, 5.41) is 6.15.